The van der Waals surface area contributed by atoms with E-state index in [0.717, 1.165) is 32.5 Å². The van der Waals surface area contributed by atoms with Gasteiger partial charge in [-0.3, -0.25) is 9.59 Å². The third kappa shape index (κ3) is 7.15. The fourth-order valence-corrected chi connectivity index (χ4v) is 5.62. The highest BCUT2D eigenvalue weighted by Crippen LogP contribution is 2.31. The van der Waals surface area contributed by atoms with Gasteiger partial charge in [-0.1, -0.05) is 38.1 Å². The number of halogens is 3. The molecule has 0 aromatic heterocycles. The Morgan fingerprint density at radius 1 is 1.03 bits per heavy atom. The lowest BCUT2D eigenvalue weighted by atomic mass is 10.0. The van der Waals surface area contributed by atoms with Crippen LogP contribution in [0.15, 0.2) is 53.4 Å². The fourth-order valence-electron chi connectivity index (χ4n) is 4.05. The predicted molar refractivity (Wildman–Crippen MR) is 135 cm³/mol. The van der Waals surface area contributed by atoms with Gasteiger partial charge < -0.3 is 15.0 Å². The molecule has 1 aliphatic rings. The second-order valence-electron chi connectivity index (χ2n) is 9.24. The van der Waals surface area contributed by atoms with Gasteiger partial charge in [0.1, 0.15) is 6.04 Å². The normalized spacial score (nSPS) is 16.7. The SMILES string of the molecule is CCOC(=O)C(=O)N1CCN(S(=O)(=O)c2ccc(C(F)(F)F)cc2)[C@@H](C(=O)NCc2ccc(C(C)C)cc2)C1. The average Bonchev–Trinajstić information content (AvgIpc) is 2.90. The zero-order chi connectivity index (χ0) is 29.0. The van der Waals surface area contributed by atoms with Crippen LogP contribution >= 0.6 is 0 Å². The van der Waals surface area contributed by atoms with Crippen LogP contribution in [0, 0.1) is 0 Å². The second kappa shape index (κ2) is 12.2. The molecule has 0 radical (unpaired) electrons. The number of sulfonamides is 1. The maximum atomic E-state index is 13.4. The van der Waals surface area contributed by atoms with E-state index in [4.69, 9.17) is 4.74 Å². The number of nitrogens with one attached hydrogen (secondary N) is 1. The highest BCUT2D eigenvalue weighted by molar-refractivity contribution is 7.89. The van der Waals surface area contributed by atoms with E-state index in [1.54, 1.807) is 0 Å². The van der Waals surface area contributed by atoms with Gasteiger partial charge in [0.25, 0.3) is 0 Å². The van der Waals surface area contributed by atoms with Crippen LogP contribution in [0.25, 0.3) is 0 Å². The number of alkyl halides is 3. The molecule has 212 valence electrons. The molecule has 0 unspecified atom stereocenters. The maximum absolute atomic E-state index is 13.4. The van der Waals surface area contributed by atoms with Crippen molar-refractivity contribution in [2.45, 2.75) is 50.3 Å². The van der Waals surface area contributed by atoms with Crippen molar-refractivity contribution in [3.63, 3.8) is 0 Å². The van der Waals surface area contributed by atoms with Crippen molar-refractivity contribution in [2.75, 3.05) is 26.2 Å². The molecule has 1 aliphatic heterocycles. The molecule has 2 amide bonds. The maximum Gasteiger partial charge on any atom is 0.416 e. The van der Waals surface area contributed by atoms with Crippen molar-refractivity contribution >= 4 is 27.8 Å². The number of piperazine rings is 1. The third-order valence-corrected chi connectivity index (χ3v) is 8.19. The molecule has 1 saturated heterocycles. The summed E-state index contributed by atoms with van der Waals surface area (Å²) in [6, 6.07) is 8.94. The van der Waals surface area contributed by atoms with Crippen molar-refractivity contribution in [2.24, 2.45) is 0 Å². The summed E-state index contributed by atoms with van der Waals surface area (Å²) >= 11 is 0. The van der Waals surface area contributed by atoms with Crippen LogP contribution in [-0.4, -0.2) is 67.7 Å². The molecule has 13 heteroatoms. The number of hydrogen-bond donors (Lipinski definition) is 1. The fraction of sp³-hybridized carbons (Fsp3) is 0.423. The summed E-state index contributed by atoms with van der Waals surface area (Å²) in [6.45, 7) is 4.57. The number of benzene rings is 2. The summed E-state index contributed by atoms with van der Waals surface area (Å²) in [4.78, 5) is 38.4. The Balaban J connectivity index is 1.86. The lowest BCUT2D eigenvalue weighted by Gasteiger charge is -2.39. The van der Waals surface area contributed by atoms with Gasteiger partial charge in [0.2, 0.25) is 15.9 Å². The Labute approximate surface area is 225 Å². The van der Waals surface area contributed by atoms with Gasteiger partial charge in [-0.2, -0.15) is 17.5 Å². The second-order valence-corrected chi connectivity index (χ2v) is 11.1. The Hall–Kier alpha value is -3.45. The molecule has 1 N–H and O–H groups in total. The monoisotopic (exact) mass is 569 g/mol. The molecule has 2 aromatic rings. The quantitative estimate of drug-likeness (QED) is 0.405. The van der Waals surface area contributed by atoms with E-state index in [1.807, 2.05) is 38.1 Å². The van der Waals surface area contributed by atoms with Gasteiger partial charge in [0, 0.05) is 26.2 Å². The number of amides is 2. The first-order valence-corrected chi connectivity index (χ1v) is 13.7. The molecule has 0 bridgehead atoms. The molecule has 9 nitrogen and oxygen atoms in total. The minimum atomic E-state index is -4.66. The molecular formula is C26H30F3N3O6S. The molecule has 2 aromatic carbocycles. The first-order chi connectivity index (χ1) is 18.3. The van der Waals surface area contributed by atoms with Crippen molar-refractivity contribution in [3.8, 4) is 0 Å². The van der Waals surface area contributed by atoms with E-state index in [2.05, 4.69) is 5.32 Å². The zero-order valence-corrected chi connectivity index (χ0v) is 22.5. The average molecular weight is 570 g/mol. The Kier molecular flexibility index (Phi) is 9.38. The van der Waals surface area contributed by atoms with Crippen molar-refractivity contribution in [3.05, 3.63) is 65.2 Å². The minimum Gasteiger partial charge on any atom is -0.459 e. The van der Waals surface area contributed by atoms with E-state index < -0.39 is 57.0 Å². The van der Waals surface area contributed by atoms with E-state index >= 15 is 0 Å². The summed E-state index contributed by atoms with van der Waals surface area (Å²) in [7, 11) is -4.45. The van der Waals surface area contributed by atoms with Gasteiger partial charge >= 0.3 is 18.1 Å². The number of nitrogens with zero attached hydrogens (tertiary/aromatic N) is 2. The summed E-state index contributed by atoms with van der Waals surface area (Å²) in [5.74, 6) is -2.59. The molecule has 1 heterocycles. The third-order valence-electron chi connectivity index (χ3n) is 6.27. The number of carbonyl (C=O) groups is 3. The molecule has 39 heavy (non-hydrogen) atoms. The molecule has 0 spiro atoms. The number of hydrogen-bond acceptors (Lipinski definition) is 6. The first kappa shape index (κ1) is 30.1. The Morgan fingerprint density at radius 2 is 1.64 bits per heavy atom. The lowest BCUT2D eigenvalue weighted by molar-refractivity contribution is -0.161. The Bertz CT molecular complexity index is 1300. The van der Waals surface area contributed by atoms with Crippen LogP contribution in [0.1, 0.15) is 43.4 Å². The number of carbonyl (C=O) groups excluding carboxylic acids is 3. The van der Waals surface area contributed by atoms with E-state index in [-0.39, 0.29) is 26.2 Å². The van der Waals surface area contributed by atoms with E-state index in [9.17, 15) is 36.0 Å². The predicted octanol–water partition coefficient (Wildman–Crippen LogP) is 2.91. The largest absolute Gasteiger partial charge is 0.459 e. The van der Waals surface area contributed by atoms with Crippen molar-refractivity contribution in [1.82, 2.24) is 14.5 Å². The lowest BCUT2D eigenvalue weighted by Crippen LogP contribution is -2.62. The van der Waals surface area contributed by atoms with Gasteiger partial charge in [0.15, 0.2) is 0 Å². The van der Waals surface area contributed by atoms with Gasteiger partial charge in [-0.25, -0.2) is 13.2 Å². The van der Waals surface area contributed by atoms with Gasteiger partial charge in [-0.05, 0) is 48.2 Å². The van der Waals surface area contributed by atoms with Crippen LogP contribution in [0.2, 0.25) is 0 Å². The molecule has 1 atom stereocenters. The van der Waals surface area contributed by atoms with Crippen LogP contribution in [-0.2, 0) is 41.9 Å². The highest BCUT2D eigenvalue weighted by atomic mass is 32.2. The van der Waals surface area contributed by atoms with Crippen LogP contribution in [0.3, 0.4) is 0 Å². The highest BCUT2D eigenvalue weighted by Gasteiger charge is 2.43. The van der Waals surface area contributed by atoms with E-state index in [1.165, 1.54) is 6.92 Å². The van der Waals surface area contributed by atoms with Crippen LogP contribution < -0.4 is 5.32 Å². The summed E-state index contributed by atoms with van der Waals surface area (Å²) in [6.07, 6.45) is -4.66. The first-order valence-electron chi connectivity index (χ1n) is 12.3. The number of rotatable bonds is 7. The van der Waals surface area contributed by atoms with Crippen molar-refractivity contribution in [1.29, 1.82) is 0 Å². The van der Waals surface area contributed by atoms with Crippen molar-refractivity contribution < 1.29 is 40.7 Å². The van der Waals surface area contributed by atoms with Crippen LogP contribution in [0.5, 0.6) is 0 Å². The smallest absolute Gasteiger partial charge is 0.416 e. The van der Waals surface area contributed by atoms with E-state index in [0.29, 0.717) is 18.1 Å². The topological polar surface area (TPSA) is 113 Å². The number of ether oxygens (including phenoxy) is 1. The summed E-state index contributed by atoms with van der Waals surface area (Å²) < 4.78 is 71.3. The summed E-state index contributed by atoms with van der Waals surface area (Å²) in [5, 5.41) is 2.67. The minimum absolute atomic E-state index is 0.0493. The Morgan fingerprint density at radius 3 is 2.18 bits per heavy atom. The van der Waals surface area contributed by atoms with Gasteiger partial charge in [0.05, 0.1) is 17.1 Å². The summed E-state index contributed by atoms with van der Waals surface area (Å²) in [5.41, 5.74) is 0.823. The zero-order valence-electron chi connectivity index (χ0n) is 21.7. The number of esters is 1. The molecule has 3 rings (SSSR count). The standard InChI is InChI=1S/C26H30F3N3O6S/c1-4-38-25(35)24(34)31-13-14-32(39(36,37)21-11-9-20(10-12-21)26(27,28)29)22(16-31)23(33)30-15-18-5-7-19(8-6-18)17(2)3/h5-12,17,22H,4,13-16H2,1-3H3,(H,30,33)/t22-/m1/s1. The molecule has 1 fully saturated rings. The molecular weight excluding hydrogens is 539 g/mol. The molecule has 0 aliphatic carbocycles. The molecule has 0 saturated carbocycles. The van der Waals surface area contributed by atoms with Crippen LogP contribution in [0.4, 0.5) is 13.2 Å². The van der Waals surface area contributed by atoms with Gasteiger partial charge in [-0.15, -0.1) is 0 Å².